The van der Waals surface area contributed by atoms with Gasteiger partial charge in [-0.25, -0.2) is 4.98 Å². The molecule has 1 N–H and O–H groups in total. The van der Waals surface area contributed by atoms with Crippen LogP contribution in [-0.4, -0.2) is 29.5 Å². The molecule has 0 aromatic carbocycles. The van der Waals surface area contributed by atoms with Gasteiger partial charge >= 0.3 is 0 Å². The predicted molar refractivity (Wildman–Crippen MR) is 57.0 cm³/mol. The van der Waals surface area contributed by atoms with Crippen LogP contribution in [-0.2, 0) is 0 Å². The van der Waals surface area contributed by atoms with Gasteiger partial charge in [-0.3, -0.25) is 0 Å². The Morgan fingerprint density at radius 1 is 1.64 bits per heavy atom. The largest absolute Gasteiger partial charge is 0.481 e. The van der Waals surface area contributed by atoms with E-state index < -0.39 is 0 Å². The van der Waals surface area contributed by atoms with Gasteiger partial charge in [0.2, 0.25) is 11.8 Å². The second-order valence-corrected chi connectivity index (χ2v) is 3.37. The number of ether oxygens (including phenoxy) is 1. The Hall–Kier alpha value is -1.03. The van der Waals surface area contributed by atoms with Crippen molar-refractivity contribution in [1.82, 2.24) is 9.97 Å². The first-order valence-electron chi connectivity index (χ1n) is 4.43. The van der Waals surface area contributed by atoms with Crippen LogP contribution in [0.1, 0.15) is 6.92 Å². The number of halogens is 1. The summed E-state index contributed by atoms with van der Waals surface area (Å²) in [7, 11) is 1.58. The van der Waals surface area contributed by atoms with E-state index in [1.807, 2.05) is 0 Å². The van der Waals surface area contributed by atoms with Gasteiger partial charge in [0.25, 0.3) is 0 Å². The first kappa shape index (κ1) is 11.0. The van der Waals surface area contributed by atoms with Crippen LogP contribution in [0.2, 0.25) is 0 Å². The lowest BCUT2D eigenvalue weighted by atomic mass is 10.2. The van der Waals surface area contributed by atoms with Crippen molar-refractivity contribution in [2.24, 2.45) is 5.92 Å². The van der Waals surface area contributed by atoms with Crippen LogP contribution in [0.5, 0.6) is 5.88 Å². The lowest BCUT2D eigenvalue weighted by molar-refractivity contribution is 0.397. The fraction of sp³-hybridized carbons (Fsp3) is 0.556. The Kier molecular flexibility index (Phi) is 4.46. The molecule has 1 heterocycles. The van der Waals surface area contributed by atoms with Crippen molar-refractivity contribution in [3.05, 3.63) is 12.3 Å². The molecule has 0 radical (unpaired) electrons. The maximum atomic E-state index is 5.67. The van der Waals surface area contributed by atoms with Crippen molar-refractivity contribution >= 4 is 17.5 Å². The van der Waals surface area contributed by atoms with E-state index in [9.17, 15) is 0 Å². The molecule has 4 nitrogen and oxygen atoms in total. The third-order valence-corrected chi connectivity index (χ3v) is 2.24. The highest BCUT2D eigenvalue weighted by molar-refractivity contribution is 6.18. The molecule has 0 aliphatic rings. The fourth-order valence-corrected chi connectivity index (χ4v) is 0.970. The second-order valence-electron chi connectivity index (χ2n) is 3.06. The molecule has 1 rings (SSSR count). The van der Waals surface area contributed by atoms with Crippen LogP contribution in [0.4, 0.5) is 5.95 Å². The van der Waals surface area contributed by atoms with Gasteiger partial charge in [-0.1, -0.05) is 6.92 Å². The van der Waals surface area contributed by atoms with Gasteiger partial charge in [0, 0.05) is 24.7 Å². The van der Waals surface area contributed by atoms with Crippen LogP contribution < -0.4 is 10.1 Å². The van der Waals surface area contributed by atoms with Crippen molar-refractivity contribution in [2.45, 2.75) is 6.92 Å². The summed E-state index contributed by atoms with van der Waals surface area (Å²) < 4.78 is 4.97. The number of hydrogen-bond donors (Lipinski definition) is 1. The lowest BCUT2D eigenvalue weighted by Crippen LogP contribution is -2.14. The van der Waals surface area contributed by atoms with E-state index in [0.29, 0.717) is 23.6 Å². The summed E-state index contributed by atoms with van der Waals surface area (Å²) in [4.78, 5) is 8.16. The van der Waals surface area contributed by atoms with Gasteiger partial charge in [-0.15, -0.1) is 11.6 Å². The van der Waals surface area contributed by atoms with E-state index in [4.69, 9.17) is 16.3 Å². The second kappa shape index (κ2) is 5.65. The van der Waals surface area contributed by atoms with Crippen molar-refractivity contribution in [3.63, 3.8) is 0 Å². The Balaban J connectivity index is 2.50. The van der Waals surface area contributed by atoms with Gasteiger partial charge in [0.15, 0.2) is 0 Å². The molecule has 0 bridgehead atoms. The van der Waals surface area contributed by atoms with E-state index in [0.717, 1.165) is 6.54 Å². The minimum atomic E-state index is 0.395. The quantitative estimate of drug-likeness (QED) is 0.761. The van der Waals surface area contributed by atoms with E-state index in [-0.39, 0.29) is 0 Å². The van der Waals surface area contributed by atoms with Crippen LogP contribution in [0.25, 0.3) is 0 Å². The summed E-state index contributed by atoms with van der Waals surface area (Å²) in [5.41, 5.74) is 0. The highest BCUT2D eigenvalue weighted by Crippen LogP contribution is 2.08. The first-order valence-corrected chi connectivity index (χ1v) is 4.96. The Bertz CT molecular complexity index is 283. The summed E-state index contributed by atoms with van der Waals surface area (Å²) in [6.07, 6.45) is 1.65. The number of alkyl halides is 1. The minimum Gasteiger partial charge on any atom is -0.481 e. The van der Waals surface area contributed by atoms with Crippen molar-refractivity contribution < 1.29 is 4.74 Å². The fourth-order valence-electron chi connectivity index (χ4n) is 0.861. The average Bonchev–Trinajstić information content (AvgIpc) is 2.26. The molecule has 1 aromatic rings. The molecule has 1 atom stereocenters. The van der Waals surface area contributed by atoms with E-state index in [1.165, 1.54) is 0 Å². The first-order chi connectivity index (χ1) is 6.76. The number of methoxy groups -OCH3 is 1. The molecule has 0 saturated heterocycles. The lowest BCUT2D eigenvalue weighted by Gasteiger charge is -2.09. The smallest absolute Gasteiger partial charge is 0.225 e. The van der Waals surface area contributed by atoms with Crippen LogP contribution >= 0.6 is 11.6 Å². The molecule has 1 aromatic heterocycles. The Morgan fingerprint density at radius 2 is 2.43 bits per heavy atom. The number of rotatable bonds is 5. The standard InChI is InChI=1S/C9H14ClN3O/c1-7(5-10)6-12-9-11-4-3-8(13-9)14-2/h3-4,7H,5-6H2,1-2H3,(H,11,12,13). The van der Waals surface area contributed by atoms with Crippen molar-refractivity contribution in [2.75, 3.05) is 24.9 Å². The third-order valence-electron chi connectivity index (χ3n) is 1.71. The summed E-state index contributed by atoms with van der Waals surface area (Å²) in [5.74, 6) is 2.14. The van der Waals surface area contributed by atoms with Crippen molar-refractivity contribution in [3.8, 4) is 5.88 Å². The molecule has 0 spiro atoms. The average molecular weight is 216 g/mol. The zero-order chi connectivity index (χ0) is 10.4. The minimum absolute atomic E-state index is 0.395. The molecule has 78 valence electrons. The maximum absolute atomic E-state index is 5.67. The van der Waals surface area contributed by atoms with Gasteiger partial charge in [0.1, 0.15) is 0 Å². The monoisotopic (exact) mass is 215 g/mol. The number of hydrogen-bond acceptors (Lipinski definition) is 4. The van der Waals surface area contributed by atoms with E-state index in [1.54, 1.807) is 19.4 Å². The van der Waals surface area contributed by atoms with E-state index in [2.05, 4.69) is 22.2 Å². The zero-order valence-electron chi connectivity index (χ0n) is 8.33. The number of nitrogens with zero attached hydrogens (tertiary/aromatic N) is 2. The van der Waals surface area contributed by atoms with Gasteiger partial charge < -0.3 is 10.1 Å². The SMILES string of the molecule is COc1ccnc(NCC(C)CCl)n1. The van der Waals surface area contributed by atoms with Crippen LogP contribution in [0.3, 0.4) is 0 Å². The number of nitrogens with one attached hydrogen (secondary N) is 1. The van der Waals surface area contributed by atoms with E-state index >= 15 is 0 Å². The molecular formula is C9H14ClN3O. The molecule has 0 saturated carbocycles. The summed E-state index contributed by atoms with van der Waals surface area (Å²) in [6, 6.07) is 1.70. The molecule has 14 heavy (non-hydrogen) atoms. The highest BCUT2D eigenvalue weighted by atomic mass is 35.5. The molecule has 0 aliphatic carbocycles. The Morgan fingerprint density at radius 3 is 3.07 bits per heavy atom. The summed E-state index contributed by atoms with van der Waals surface area (Å²) in [6.45, 7) is 2.82. The predicted octanol–water partition coefficient (Wildman–Crippen LogP) is 1.77. The molecular weight excluding hydrogens is 202 g/mol. The summed E-state index contributed by atoms with van der Waals surface area (Å²) in [5, 5.41) is 3.08. The normalized spacial score (nSPS) is 12.2. The number of aromatic nitrogens is 2. The Labute approximate surface area is 88.7 Å². The molecule has 5 heteroatoms. The van der Waals surface area contributed by atoms with Gasteiger partial charge in [-0.05, 0) is 5.92 Å². The summed E-state index contributed by atoms with van der Waals surface area (Å²) >= 11 is 5.67. The molecule has 0 amide bonds. The molecule has 0 fully saturated rings. The van der Waals surface area contributed by atoms with Gasteiger partial charge in [-0.2, -0.15) is 4.98 Å². The van der Waals surface area contributed by atoms with Crippen LogP contribution in [0.15, 0.2) is 12.3 Å². The topological polar surface area (TPSA) is 47.0 Å². The van der Waals surface area contributed by atoms with Gasteiger partial charge in [0.05, 0.1) is 7.11 Å². The third kappa shape index (κ3) is 3.38. The van der Waals surface area contributed by atoms with Crippen molar-refractivity contribution in [1.29, 1.82) is 0 Å². The molecule has 1 unspecified atom stereocenters. The van der Waals surface area contributed by atoms with Crippen LogP contribution in [0, 0.1) is 5.92 Å². The number of anilines is 1. The zero-order valence-corrected chi connectivity index (χ0v) is 9.08. The maximum Gasteiger partial charge on any atom is 0.225 e. The highest BCUT2D eigenvalue weighted by Gasteiger charge is 2.02. The molecule has 0 aliphatic heterocycles.